The van der Waals surface area contributed by atoms with Crippen molar-refractivity contribution in [3.8, 4) is 17.4 Å². The first-order chi connectivity index (χ1) is 12.7. The van der Waals surface area contributed by atoms with Gasteiger partial charge in [0.05, 0.1) is 11.1 Å². The molecule has 0 fully saturated rings. The van der Waals surface area contributed by atoms with Crippen LogP contribution < -0.4 is 4.74 Å². The van der Waals surface area contributed by atoms with Crippen molar-refractivity contribution < 1.29 is 9.84 Å². The van der Waals surface area contributed by atoms with Gasteiger partial charge in [0.25, 0.3) is 0 Å². The fraction of sp³-hybridized carbons (Fsp3) is 0. The minimum absolute atomic E-state index is 0.0486. The Morgan fingerprint density at radius 2 is 1.73 bits per heavy atom. The summed E-state index contributed by atoms with van der Waals surface area (Å²) in [6.07, 6.45) is 1.62. The lowest BCUT2D eigenvalue weighted by molar-refractivity contribution is 0.457. The number of nitrogens with one attached hydrogen (secondary N) is 1. The Morgan fingerprint density at radius 1 is 0.962 bits per heavy atom. The molecular weight excluding hydrogens is 348 g/mol. The van der Waals surface area contributed by atoms with Crippen molar-refractivity contribution in [2.45, 2.75) is 0 Å². The van der Waals surface area contributed by atoms with Crippen molar-refractivity contribution in [1.82, 2.24) is 4.98 Å². The zero-order valence-electron chi connectivity index (χ0n) is 13.7. The zero-order valence-corrected chi connectivity index (χ0v) is 14.4. The van der Waals surface area contributed by atoms with Crippen LogP contribution >= 0.6 is 11.6 Å². The molecule has 0 saturated heterocycles. The van der Waals surface area contributed by atoms with E-state index in [9.17, 15) is 5.11 Å². The van der Waals surface area contributed by atoms with E-state index in [4.69, 9.17) is 16.3 Å². The first-order valence-electron chi connectivity index (χ1n) is 8.07. The molecule has 1 aromatic heterocycles. The summed E-state index contributed by atoms with van der Waals surface area (Å²) >= 11 is 6.00. The van der Waals surface area contributed by atoms with Gasteiger partial charge in [0.2, 0.25) is 0 Å². The van der Waals surface area contributed by atoms with Crippen molar-refractivity contribution in [2.24, 2.45) is 4.99 Å². The summed E-state index contributed by atoms with van der Waals surface area (Å²) in [7, 11) is 0. The smallest absolute Gasteiger partial charge is 0.198 e. The topological polar surface area (TPSA) is 57.6 Å². The molecule has 3 aromatic carbocycles. The van der Waals surface area contributed by atoms with Crippen molar-refractivity contribution in [3.63, 3.8) is 0 Å². The number of para-hydroxylation sites is 3. The van der Waals surface area contributed by atoms with E-state index in [1.807, 2.05) is 60.7 Å². The second-order valence-corrected chi connectivity index (χ2v) is 6.15. The first kappa shape index (κ1) is 16.2. The number of rotatable bonds is 4. The predicted molar refractivity (Wildman–Crippen MR) is 105 cm³/mol. The second-order valence-electron chi connectivity index (χ2n) is 5.72. The van der Waals surface area contributed by atoms with Crippen molar-refractivity contribution in [1.29, 1.82) is 0 Å². The Kier molecular flexibility index (Phi) is 4.33. The molecular formula is C21H15ClN2O2. The molecule has 1 heterocycles. The molecule has 0 aliphatic heterocycles. The fourth-order valence-electron chi connectivity index (χ4n) is 2.71. The Labute approximate surface area is 155 Å². The SMILES string of the molecule is Oc1[nH]c2cc(Cl)ccc2c1C=Nc1ccccc1Oc1ccccc1. The van der Waals surface area contributed by atoms with Crippen molar-refractivity contribution in [2.75, 3.05) is 0 Å². The minimum atomic E-state index is 0.0486. The van der Waals surface area contributed by atoms with Crippen LogP contribution in [0.4, 0.5) is 5.69 Å². The third kappa shape index (κ3) is 3.27. The Bertz CT molecular complexity index is 1090. The molecule has 128 valence electrons. The molecule has 0 atom stereocenters. The van der Waals surface area contributed by atoms with E-state index in [-0.39, 0.29) is 5.88 Å². The summed E-state index contributed by atoms with van der Waals surface area (Å²) in [5, 5.41) is 11.6. The maximum absolute atomic E-state index is 10.2. The van der Waals surface area contributed by atoms with E-state index in [0.717, 1.165) is 16.7 Å². The second kappa shape index (κ2) is 6.94. The number of H-pyrrole nitrogens is 1. The summed E-state index contributed by atoms with van der Waals surface area (Å²) in [4.78, 5) is 7.42. The predicted octanol–water partition coefficient (Wildman–Crippen LogP) is 6.07. The Balaban J connectivity index is 1.69. The monoisotopic (exact) mass is 362 g/mol. The van der Waals surface area contributed by atoms with Gasteiger partial charge in [-0.2, -0.15) is 0 Å². The molecule has 2 N–H and O–H groups in total. The van der Waals surface area contributed by atoms with Gasteiger partial charge in [-0.1, -0.05) is 48.0 Å². The van der Waals surface area contributed by atoms with E-state index in [0.29, 0.717) is 22.0 Å². The summed E-state index contributed by atoms with van der Waals surface area (Å²) in [6.45, 7) is 0. The number of nitrogens with zero attached hydrogens (tertiary/aromatic N) is 1. The quantitative estimate of drug-likeness (QED) is 0.433. The molecule has 0 saturated carbocycles. The van der Waals surface area contributed by atoms with Gasteiger partial charge in [0, 0.05) is 16.6 Å². The van der Waals surface area contributed by atoms with Crippen LogP contribution in [0.2, 0.25) is 5.02 Å². The number of halogens is 1. The average molecular weight is 363 g/mol. The van der Waals surface area contributed by atoms with Gasteiger partial charge in [0.15, 0.2) is 11.6 Å². The molecule has 0 aliphatic rings. The van der Waals surface area contributed by atoms with Gasteiger partial charge in [-0.3, -0.25) is 4.99 Å². The Morgan fingerprint density at radius 3 is 2.58 bits per heavy atom. The molecule has 0 amide bonds. The van der Waals surface area contributed by atoms with Crippen LogP contribution in [-0.2, 0) is 0 Å². The van der Waals surface area contributed by atoms with Crippen molar-refractivity contribution >= 4 is 34.4 Å². The highest BCUT2D eigenvalue weighted by Crippen LogP contribution is 2.33. The van der Waals surface area contributed by atoms with E-state index >= 15 is 0 Å². The number of ether oxygens (including phenoxy) is 1. The lowest BCUT2D eigenvalue weighted by Crippen LogP contribution is -1.85. The van der Waals surface area contributed by atoms with Gasteiger partial charge in [-0.05, 0) is 36.4 Å². The molecule has 0 spiro atoms. The third-order valence-electron chi connectivity index (χ3n) is 3.95. The molecule has 0 unspecified atom stereocenters. The van der Waals surface area contributed by atoms with Crippen LogP contribution in [0.5, 0.6) is 17.4 Å². The summed E-state index contributed by atoms with van der Waals surface area (Å²) in [5.41, 5.74) is 2.02. The van der Waals surface area contributed by atoms with Crippen LogP contribution in [-0.4, -0.2) is 16.3 Å². The van der Waals surface area contributed by atoms with Gasteiger partial charge in [0.1, 0.15) is 11.4 Å². The average Bonchev–Trinajstić information content (AvgIpc) is 2.96. The molecule has 26 heavy (non-hydrogen) atoms. The molecule has 5 heteroatoms. The highest BCUT2D eigenvalue weighted by Gasteiger charge is 2.10. The van der Waals surface area contributed by atoms with Crippen LogP contribution in [0.1, 0.15) is 5.56 Å². The molecule has 4 rings (SSSR count). The number of aromatic nitrogens is 1. The van der Waals surface area contributed by atoms with Crippen LogP contribution in [0, 0.1) is 0 Å². The number of fused-ring (bicyclic) bond motifs is 1. The zero-order chi connectivity index (χ0) is 17.9. The molecule has 0 radical (unpaired) electrons. The van der Waals surface area contributed by atoms with E-state index in [2.05, 4.69) is 9.98 Å². The highest BCUT2D eigenvalue weighted by atomic mass is 35.5. The van der Waals surface area contributed by atoms with Gasteiger partial charge in [-0.15, -0.1) is 0 Å². The number of benzene rings is 3. The molecule has 0 aliphatic carbocycles. The standard InChI is InChI=1S/C21H15ClN2O2/c22-14-10-11-16-17(21(25)24-19(16)12-14)13-23-18-8-4-5-9-20(18)26-15-6-2-1-3-7-15/h1-13,24-25H. The van der Waals surface area contributed by atoms with Crippen LogP contribution in [0.25, 0.3) is 10.9 Å². The van der Waals surface area contributed by atoms with Crippen LogP contribution in [0.15, 0.2) is 77.8 Å². The highest BCUT2D eigenvalue weighted by molar-refractivity contribution is 6.31. The third-order valence-corrected chi connectivity index (χ3v) is 4.18. The number of aromatic amines is 1. The summed E-state index contributed by atoms with van der Waals surface area (Å²) in [5.74, 6) is 1.42. The van der Waals surface area contributed by atoms with Gasteiger partial charge >= 0.3 is 0 Å². The fourth-order valence-corrected chi connectivity index (χ4v) is 2.88. The van der Waals surface area contributed by atoms with Gasteiger partial charge in [-0.25, -0.2) is 0 Å². The maximum atomic E-state index is 10.2. The minimum Gasteiger partial charge on any atom is -0.494 e. The van der Waals surface area contributed by atoms with E-state index in [1.165, 1.54) is 0 Å². The van der Waals surface area contributed by atoms with Crippen LogP contribution in [0.3, 0.4) is 0 Å². The normalized spacial score (nSPS) is 11.3. The van der Waals surface area contributed by atoms with E-state index < -0.39 is 0 Å². The summed E-state index contributed by atoms with van der Waals surface area (Å²) in [6, 6.07) is 22.4. The number of hydrogen-bond acceptors (Lipinski definition) is 3. The first-order valence-corrected chi connectivity index (χ1v) is 8.45. The molecule has 0 bridgehead atoms. The number of hydrogen-bond donors (Lipinski definition) is 2. The molecule has 4 nitrogen and oxygen atoms in total. The largest absolute Gasteiger partial charge is 0.494 e. The lowest BCUT2D eigenvalue weighted by Gasteiger charge is -2.07. The van der Waals surface area contributed by atoms with Crippen molar-refractivity contribution in [3.05, 3.63) is 83.4 Å². The van der Waals surface area contributed by atoms with Gasteiger partial charge < -0.3 is 14.8 Å². The molecule has 4 aromatic rings. The Hall–Kier alpha value is -3.24. The number of aliphatic imine (C=N–C) groups is 1. The maximum Gasteiger partial charge on any atom is 0.198 e. The number of aromatic hydroxyl groups is 1. The van der Waals surface area contributed by atoms with E-state index in [1.54, 1.807) is 18.3 Å². The summed E-state index contributed by atoms with van der Waals surface area (Å²) < 4.78 is 5.91. The lowest BCUT2D eigenvalue weighted by atomic mass is 10.2.